The lowest BCUT2D eigenvalue weighted by Gasteiger charge is -2.37. The van der Waals surface area contributed by atoms with Crippen LogP contribution in [0.3, 0.4) is 0 Å². The fourth-order valence-corrected chi connectivity index (χ4v) is 4.99. The number of benzene rings is 1. The largest absolute Gasteiger partial charge is 0.445 e. The number of hydrogen-bond donors (Lipinski definition) is 0. The van der Waals surface area contributed by atoms with E-state index < -0.39 is 0 Å². The van der Waals surface area contributed by atoms with Gasteiger partial charge in [0.15, 0.2) is 0 Å². The average Bonchev–Trinajstić information content (AvgIpc) is 3.01. The van der Waals surface area contributed by atoms with Crippen molar-refractivity contribution in [3.63, 3.8) is 0 Å². The Morgan fingerprint density at radius 1 is 0.931 bits per heavy atom. The van der Waals surface area contributed by atoms with Gasteiger partial charge in [-0.15, -0.1) is 0 Å². The number of ketones is 1. The highest BCUT2D eigenvalue weighted by atomic mass is 16.6. The van der Waals surface area contributed by atoms with Crippen LogP contribution >= 0.6 is 0 Å². The van der Waals surface area contributed by atoms with Gasteiger partial charge in [-0.05, 0) is 37.7 Å². The minimum atomic E-state index is -0.209. The van der Waals surface area contributed by atoms with Gasteiger partial charge in [0.05, 0.1) is 0 Å². The molecule has 2 heterocycles. The zero-order chi connectivity index (χ0) is 20.5. The Bertz CT molecular complexity index is 631. The number of nitrogens with zero attached hydrogens (tertiary/aromatic N) is 1. The van der Waals surface area contributed by atoms with E-state index in [1.165, 1.54) is 38.5 Å². The van der Waals surface area contributed by atoms with E-state index in [0.29, 0.717) is 12.4 Å². The van der Waals surface area contributed by atoms with E-state index in [0.717, 1.165) is 44.1 Å². The first-order valence-electron chi connectivity index (χ1n) is 11.7. The van der Waals surface area contributed by atoms with E-state index in [1.54, 1.807) is 0 Å². The van der Waals surface area contributed by atoms with Crippen molar-refractivity contribution in [1.29, 1.82) is 0 Å². The van der Waals surface area contributed by atoms with Crippen molar-refractivity contribution in [2.75, 3.05) is 0 Å². The van der Waals surface area contributed by atoms with Crippen LogP contribution in [-0.2, 0) is 16.1 Å². The van der Waals surface area contributed by atoms with Crippen molar-refractivity contribution in [2.24, 2.45) is 5.92 Å². The number of amides is 1. The summed E-state index contributed by atoms with van der Waals surface area (Å²) in [5.74, 6) is 0.568. The molecule has 1 aromatic carbocycles. The molecule has 29 heavy (non-hydrogen) atoms. The fraction of sp³-hybridized carbons (Fsp3) is 0.680. The molecule has 2 aliphatic rings. The molecule has 2 bridgehead atoms. The summed E-state index contributed by atoms with van der Waals surface area (Å²) < 4.78 is 5.57. The summed E-state index contributed by atoms with van der Waals surface area (Å²) in [6, 6.07) is 10.2. The maximum Gasteiger partial charge on any atom is 0.410 e. The molecule has 3 rings (SSSR count). The zero-order valence-corrected chi connectivity index (χ0v) is 18.0. The van der Waals surface area contributed by atoms with Crippen LogP contribution in [0.15, 0.2) is 30.3 Å². The van der Waals surface area contributed by atoms with Crippen LogP contribution in [0.5, 0.6) is 0 Å². The van der Waals surface area contributed by atoms with Gasteiger partial charge in [-0.2, -0.15) is 0 Å². The fourth-order valence-electron chi connectivity index (χ4n) is 4.99. The van der Waals surface area contributed by atoms with E-state index in [9.17, 15) is 9.59 Å². The first-order valence-corrected chi connectivity index (χ1v) is 11.7. The Morgan fingerprint density at radius 2 is 1.55 bits per heavy atom. The average molecular weight is 400 g/mol. The van der Waals surface area contributed by atoms with Crippen LogP contribution in [0, 0.1) is 5.92 Å². The number of Topliss-reactive ketones (excluding diaryl/α,β-unsaturated/α-hetero) is 1. The molecule has 0 aliphatic carbocycles. The number of rotatable bonds is 11. The van der Waals surface area contributed by atoms with Crippen LogP contribution in [0.4, 0.5) is 4.79 Å². The predicted octanol–water partition coefficient (Wildman–Crippen LogP) is 6.28. The predicted molar refractivity (Wildman–Crippen MR) is 116 cm³/mol. The van der Waals surface area contributed by atoms with Gasteiger partial charge in [0.25, 0.3) is 0 Å². The number of unbranched alkanes of at least 4 members (excludes halogenated alkanes) is 6. The quantitative estimate of drug-likeness (QED) is 0.412. The molecule has 160 valence electrons. The second-order valence-corrected chi connectivity index (χ2v) is 8.84. The number of carbonyl (C=O) groups is 2. The molecule has 1 amide bonds. The highest BCUT2D eigenvalue weighted by Crippen LogP contribution is 2.40. The number of ether oxygens (including phenoxy) is 1. The molecular weight excluding hydrogens is 362 g/mol. The number of fused-ring (bicyclic) bond motifs is 2. The second-order valence-electron chi connectivity index (χ2n) is 8.84. The molecule has 1 aromatic rings. The summed E-state index contributed by atoms with van der Waals surface area (Å²) in [5.41, 5.74) is 1.01. The standard InChI is InChI=1S/C25H37NO3/c1-2-3-4-5-6-7-11-14-24(27)21-17-22-15-16-23(18-21)26(22)25(28)29-19-20-12-9-8-10-13-20/h8-10,12-13,21-23H,2-7,11,14-19H2,1H3. The molecule has 0 radical (unpaired) electrons. The molecule has 2 atom stereocenters. The van der Waals surface area contributed by atoms with Crippen molar-refractivity contribution in [1.82, 2.24) is 4.90 Å². The Morgan fingerprint density at radius 3 is 2.21 bits per heavy atom. The number of piperidine rings is 1. The topological polar surface area (TPSA) is 46.6 Å². The highest BCUT2D eigenvalue weighted by Gasteiger charge is 2.45. The van der Waals surface area contributed by atoms with Gasteiger partial charge in [-0.1, -0.05) is 75.8 Å². The van der Waals surface area contributed by atoms with Crippen LogP contribution in [0.25, 0.3) is 0 Å². The summed E-state index contributed by atoms with van der Waals surface area (Å²) in [6.07, 6.45) is 12.9. The smallest absolute Gasteiger partial charge is 0.410 e. The van der Waals surface area contributed by atoms with Gasteiger partial charge in [0, 0.05) is 24.4 Å². The van der Waals surface area contributed by atoms with Gasteiger partial charge in [-0.3, -0.25) is 4.79 Å². The molecule has 2 saturated heterocycles. The van der Waals surface area contributed by atoms with E-state index in [2.05, 4.69) is 6.92 Å². The lowest BCUT2D eigenvalue weighted by Crippen LogP contribution is -2.48. The Kier molecular flexibility index (Phi) is 8.57. The first-order chi connectivity index (χ1) is 14.2. The summed E-state index contributed by atoms with van der Waals surface area (Å²) in [7, 11) is 0. The van der Waals surface area contributed by atoms with Crippen molar-refractivity contribution >= 4 is 11.9 Å². The molecule has 2 fully saturated rings. The van der Waals surface area contributed by atoms with Gasteiger partial charge >= 0.3 is 6.09 Å². The Balaban J connectivity index is 1.39. The second kappa shape index (κ2) is 11.4. The van der Waals surface area contributed by atoms with Gasteiger partial charge in [-0.25, -0.2) is 4.79 Å². The van der Waals surface area contributed by atoms with Crippen LogP contribution in [-0.4, -0.2) is 28.9 Å². The first kappa shape index (κ1) is 21.9. The maximum atomic E-state index is 12.7. The zero-order valence-electron chi connectivity index (χ0n) is 18.0. The maximum absolute atomic E-state index is 12.7. The molecule has 2 unspecified atom stereocenters. The van der Waals surface area contributed by atoms with Crippen molar-refractivity contribution in [2.45, 2.75) is 103 Å². The third-order valence-corrected chi connectivity index (χ3v) is 6.63. The SMILES string of the molecule is CCCCCCCCCC(=O)C1CC2CCC(C1)N2C(=O)OCc1ccccc1. The number of hydrogen-bond acceptors (Lipinski definition) is 3. The van der Waals surface area contributed by atoms with E-state index in [-0.39, 0.29) is 24.1 Å². The van der Waals surface area contributed by atoms with E-state index in [4.69, 9.17) is 4.74 Å². The summed E-state index contributed by atoms with van der Waals surface area (Å²) in [5, 5.41) is 0. The molecule has 4 nitrogen and oxygen atoms in total. The van der Waals surface area contributed by atoms with Crippen molar-refractivity contribution in [3.8, 4) is 0 Å². The monoisotopic (exact) mass is 399 g/mol. The van der Waals surface area contributed by atoms with Crippen LogP contribution < -0.4 is 0 Å². The minimum absolute atomic E-state index is 0.144. The summed E-state index contributed by atoms with van der Waals surface area (Å²) in [6.45, 7) is 2.55. The van der Waals surface area contributed by atoms with E-state index >= 15 is 0 Å². The van der Waals surface area contributed by atoms with Crippen molar-refractivity contribution in [3.05, 3.63) is 35.9 Å². The summed E-state index contributed by atoms with van der Waals surface area (Å²) >= 11 is 0. The molecule has 0 spiro atoms. The lowest BCUT2D eigenvalue weighted by atomic mass is 9.85. The number of carbonyl (C=O) groups excluding carboxylic acids is 2. The molecule has 0 aromatic heterocycles. The van der Waals surface area contributed by atoms with E-state index in [1.807, 2.05) is 35.2 Å². The molecule has 0 N–H and O–H groups in total. The van der Waals surface area contributed by atoms with Gasteiger partial charge in [0.1, 0.15) is 12.4 Å². The third-order valence-electron chi connectivity index (χ3n) is 6.63. The summed E-state index contributed by atoms with van der Waals surface area (Å²) in [4.78, 5) is 27.3. The Labute approximate surface area is 176 Å². The van der Waals surface area contributed by atoms with Crippen molar-refractivity contribution < 1.29 is 14.3 Å². The molecule has 2 aliphatic heterocycles. The minimum Gasteiger partial charge on any atom is -0.445 e. The lowest BCUT2D eigenvalue weighted by molar-refractivity contribution is -0.125. The molecular formula is C25H37NO3. The van der Waals surface area contributed by atoms with Gasteiger partial charge < -0.3 is 9.64 Å². The van der Waals surface area contributed by atoms with Gasteiger partial charge in [0.2, 0.25) is 0 Å². The molecule has 0 saturated carbocycles. The Hall–Kier alpha value is -1.84. The third kappa shape index (κ3) is 6.32. The normalized spacial score (nSPS) is 23.2. The highest BCUT2D eigenvalue weighted by molar-refractivity contribution is 5.81. The van der Waals surface area contributed by atoms with Crippen LogP contribution in [0.1, 0.15) is 89.5 Å². The molecule has 4 heteroatoms. The van der Waals surface area contributed by atoms with Crippen LogP contribution in [0.2, 0.25) is 0 Å².